The van der Waals surface area contributed by atoms with Crippen molar-refractivity contribution in [1.29, 1.82) is 0 Å². The lowest BCUT2D eigenvalue weighted by Gasteiger charge is -2.13. The van der Waals surface area contributed by atoms with Gasteiger partial charge in [0.1, 0.15) is 0 Å². The maximum absolute atomic E-state index is 12.2. The molecule has 6 nitrogen and oxygen atoms in total. The maximum atomic E-state index is 12.2. The van der Waals surface area contributed by atoms with Crippen LogP contribution in [0.5, 0.6) is 11.5 Å². The van der Waals surface area contributed by atoms with E-state index in [1.165, 1.54) is 7.11 Å². The number of aryl methyl sites for hydroxylation is 1. The number of aromatic nitrogens is 1. The predicted octanol–water partition coefficient (Wildman–Crippen LogP) is 1.90. The van der Waals surface area contributed by atoms with Crippen molar-refractivity contribution in [2.45, 2.75) is 12.5 Å². The predicted molar refractivity (Wildman–Crippen MR) is 86.9 cm³/mol. The molecule has 0 saturated heterocycles. The smallest absolute Gasteiger partial charge is 0.251 e. The van der Waals surface area contributed by atoms with Crippen LogP contribution in [-0.4, -0.2) is 36.3 Å². The van der Waals surface area contributed by atoms with Gasteiger partial charge in [-0.25, -0.2) is 0 Å². The number of hydrogen-bond acceptors (Lipinski definition) is 4. The molecule has 2 N–H and O–H groups in total. The zero-order valence-corrected chi connectivity index (χ0v) is 13.6. The summed E-state index contributed by atoms with van der Waals surface area (Å²) in [6.07, 6.45) is 1.71. The fourth-order valence-electron chi connectivity index (χ4n) is 2.37. The highest BCUT2D eigenvalue weighted by atomic mass is 16.5. The number of methoxy groups -OCH3 is 2. The van der Waals surface area contributed by atoms with Crippen LogP contribution >= 0.6 is 0 Å². The third-order valence-electron chi connectivity index (χ3n) is 3.67. The highest BCUT2D eigenvalue weighted by Crippen LogP contribution is 2.27. The first-order valence-corrected chi connectivity index (χ1v) is 7.36. The van der Waals surface area contributed by atoms with Gasteiger partial charge in [0, 0.05) is 31.0 Å². The molecule has 1 amide bonds. The van der Waals surface area contributed by atoms with Crippen LogP contribution in [0.1, 0.15) is 28.6 Å². The number of nitrogens with one attached hydrogen (secondary N) is 1. The molecule has 0 radical (unpaired) electrons. The lowest BCUT2D eigenvalue weighted by atomic mass is 10.1. The van der Waals surface area contributed by atoms with E-state index in [-0.39, 0.29) is 5.91 Å². The summed E-state index contributed by atoms with van der Waals surface area (Å²) < 4.78 is 12.2. The Morgan fingerprint density at radius 3 is 2.61 bits per heavy atom. The molecule has 0 fully saturated rings. The number of benzene rings is 1. The molecule has 6 heteroatoms. The Morgan fingerprint density at radius 1 is 1.26 bits per heavy atom. The largest absolute Gasteiger partial charge is 0.493 e. The Bertz CT molecular complexity index is 666. The number of amides is 1. The van der Waals surface area contributed by atoms with Crippen LogP contribution in [-0.2, 0) is 7.05 Å². The van der Waals surface area contributed by atoms with E-state index in [0.717, 1.165) is 5.69 Å². The van der Waals surface area contributed by atoms with Crippen molar-refractivity contribution >= 4 is 5.91 Å². The van der Waals surface area contributed by atoms with Gasteiger partial charge < -0.3 is 24.5 Å². The number of carbonyl (C=O) groups is 1. The van der Waals surface area contributed by atoms with Crippen LogP contribution in [0.3, 0.4) is 0 Å². The van der Waals surface area contributed by atoms with E-state index < -0.39 is 6.10 Å². The van der Waals surface area contributed by atoms with Gasteiger partial charge in [0.15, 0.2) is 11.5 Å². The second-order valence-corrected chi connectivity index (χ2v) is 5.17. The molecule has 23 heavy (non-hydrogen) atoms. The molecule has 0 bridgehead atoms. The lowest BCUT2D eigenvalue weighted by Crippen LogP contribution is -2.26. The summed E-state index contributed by atoms with van der Waals surface area (Å²) >= 11 is 0. The third-order valence-corrected chi connectivity index (χ3v) is 3.67. The summed E-state index contributed by atoms with van der Waals surface area (Å²) in [5.41, 5.74) is 1.31. The molecule has 0 aliphatic rings. The molecular weight excluding hydrogens is 296 g/mol. The van der Waals surface area contributed by atoms with Crippen LogP contribution in [0.15, 0.2) is 36.5 Å². The molecule has 1 aromatic carbocycles. The van der Waals surface area contributed by atoms with Gasteiger partial charge in [0.05, 0.1) is 20.3 Å². The minimum atomic E-state index is -0.610. The van der Waals surface area contributed by atoms with Crippen LogP contribution in [0.4, 0.5) is 0 Å². The van der Waals surface area contributed by atoms with Gasteiger partial charge in [-0.2, -0.15) is 0 Å². The molecule has 1 heterocycles. The molecular formula is C17H22N2O4. The Labute approximate surface area is 135 Å². The number of carbonyl (C=O) groups excluding carboxylic acids is 1. The minimum absolute atomic E-state index is 0.218. The van der Waals surface area contributed by atoms with E-state index >= 15 is 0 Å². The second kappa shape index (κ2) is 7.69. The van der Waals surface area contributed by atoms with Gasteiger partial charge in [-0.15, -0.1) is 0 Å². The van der Waals surface area contributed by atoms with E-state index in [1.807, 2.05) is 29.9 Å². The van der Waals surface area contributed by atoms with Crippen molar-refractivity contribution < 1.29 is 19.4 Å². The standard InChI is InChI=1S/C17H22N2O4/c1-19-10-4-5-13(19)14(20)8-9-18-17(21)12-6-7-15(22-2)16(11-12)23-3/h4-7,10-11,14,20H,8-9H2,1-3H3,(H,18,21). The van der Waals surface area contributed by atoms with Crippen molar-refractivity contribution in [2.75, 3.05) is 20.8 Å². The molecule has 1 atom stereocenters. The van der Waals surface area contributed by atoms with Crippen molar-refractivity contribution in [3.63, 3.8) is 0 Å². The van der Waals surface area contributed by atoms with Crippen LogP contribution < -0.4 is 14.8 Å². The molecule has 1 unspecified atom stereocenters. The molecule has 0 aliphatic heterocycles. The summed E-state index contributed by atoms with van der Waals surface area (Å²) in [4.78, 5) is 12.2. The van der Waals surface area contributed by atoms with E-state index in [4.69, 9.17) is 9.47 Å². The van der Waals surface area contributed by atoms with E-state index in [1.54, 1.807) is 25.3 Å². The highest BCUT2D eigenvalue weighted by molar-refractivity contribution is 5.94. The van der Waals surface area contributed by atoms with E-state index in [2.05, 4.69) is 5.32 Å². The minimum Gasteiger partial charge on any atom is -0.493 e. The Kier molecular flexibility index (Phi) is 5.65. The Hall–Kier alpha value is -2.47. The number of aliphatic hydroxyl groups is 1. The highest BCUT2D eigenvalue weighted by Gasteiger charge is 2.13. The molecule has 1 aromatic heterocycles. The fraction of sp³-hybridized carbons (Fsp3) is 0.353. The number of aliphatic hydroxyl groups excluding tert-OH is 1. The normalized spacial score (nSPS) is 11.8. The molecule has 0 aliphatic carbocycles. The zero-order chi connectivity index (χ0) is 16.8. The van der Waals surface area contributed by atoms with E-state index in [9.17, 15) is 9.90 Å². The third kappa shape index (κ3) is 4.04. The number of ether oxygens (including phenoxy) is 2. The fourth-order valence-corrected chi connectivity index (χ4v) is 2.37. The van der Waals surface area contributed by atoms with Crippen molar-refractivity contribution in [2.24, 2.45) is 7.05 Å². The first-order chi connectivity index (χ1) is 11.1. The summed E-state index contributed by atoms with van der Waals surface area (Å²) in [5.74, 6) is 0.859. The van der Waals surface area contributed by atoms with Crippen molar-refractivity contribution in [3.8, 4) is 11.5 Å². The van der Waals surface area contributed by atoms with Gasteiger partial charge in [0.25, 0.3) is 5.91 Å². The first-order valence-electron chi connectivity index (χ1n) is 7.36. The Morgan fingerprint density at radius 2 is 2.00 bits per heavy atom. The molecule has 2 rings (SSSR count). The average molecular weight is 318 g/mol. The van der Waals surface area contributed by atoms with Gasteiger partial charge >= 0.3 is 0 Å². The van der Waals surface area contributed by atoms with Crippen molar-refractivity contribution in [3.05, 3.63) is 47.8 Å². The van der Waals surface area contributed by atoms with Gasteiger partial charge in [0.2, 0.25) is 0 Å². The maximum Gasteiger partial charge on any atom is 0.251 e. The van der Waals surface area contributed by atoms with Gasteiger partial charge in [-0.05, 0) is 36.8 Å². The van der Waals surface area contributed by atoms with Crippen LogP contribution in [0, 0.1) is 0 Å². The summed E-state index contributed by atoms with van der Waals surface area (Å²) in [6, 6.07) is 8.72. The molecule has 2 aromatic rings. The number of nitrogens with zero attached hydrogens (tertiary/aromatic N) is 1. The molecule has 124 valence electrons. The van der Waals surface area contributed by atoms with Gasteiger partial charge in [-0.3, -0.25) is 4.79 Å². The second-order valence-electron chi connectivity index (χ2n) is 5.17. The molecule has 0 spiro atoms. The van der Waals surface area contributed by atoms with Crippen LogP contribution in [0.25, 0.3) is 0 Å². The number of rotatable bonds is 7. The SMILES string of the molecule is COc1ccc(C(=O)NCCC(O)c2cccn2C)cc1OC. The zero-order valence-electron chi connectivity index (χ0n) is 13.6. The monoisotopic (exact) mass is 318 g/mol. The summed E-state index contributed by atoms with van der Waals surface area (Å²) in [7, 11) is 4.94. The van der Waals surface area contributed by atoms with E-state index in [0.29, 0.717) is 30.0 Å². The number of hydrogen-bond donors (Lipinski definition) is 2. The van der Waals surface area contributed by atoms with Gasteiger partial charge in [-0.1, -0.05) is 0 Å². The van der Waals surface area contributed by atoms with Crippen molar-refractivity contribution in [1.82, 2.24) is 9.88 Å². The quantitative estimate of drug-likeness (QED) is 0.818. The Balaban J connectivity index is 1.91. The summed E-state index contributed by atoms with van der Waals surface area (Å²) in [6.45, 7) is 0.375. The lowest BCUT2D eigenvalue weighted by molar-refractivity contribution is 0.0941. The topological polar surface area (TPSA) is 72.7 Å². The molecule has 0 saturated carbocycles. The summed E-state index contributed by atoms with van der Waals surface area (Å²) in [5, 5.41) is 12.9. The van der Waals surface area contributed by atoms with Crippen LogP contribution in [0.2, 0.25) is 0 Å². The average Bonchev–Trinajstić information content (AvgIpc) is 3.00. The first kappa shape index (κ1) is 16.9.